The van der Waals surface area contributed by atoms with Gasteiger partial charge >= 0.3 is 0 Å². The molecule has 1 N–H and O–H groups in total. The fraction of sp³-hybridized carbons (Fsp3) is 0.714. The minimum absolute atomic E-state index is 0.567. The van der Waals surface area contributed by atoms with Crippen LogP contribution < -0.4 is 5.32 Å². The number of hydrogen-bond acceptors (Lipinski definition) is 3. The molecule has 1 unspecified atom stereocenters. The van der Waals surface area contributed by atoms with Crippen molar-refractivity contribution in [2.75, 3.05) is 5.32 Å². The van der Waals surface area contributed by atoms with E-state index in [-0.39, 0.29) is 0 Å². The maximum atomic E-state index is 4.46. The van der Waals surface area contributed by atoms with Crippen LogP contribution in [0.25, 0.3) is 0 Å². The molecule has 1 aromatic heterocycles. The Labute approximate surface area is 103 Å². The van der Waals surface area contributed by atoms with Gasteiger partial charge in [0.05, 0.1) is 0 Å². The normalized spacial score (nSPS) is 21.5. The monoisotopic (exact) mass is 231 g/mol. The fourth-order valence-corrected chi connectivity index (χ4v) is 2.75. The molecule has 3 rings (SSSR count). The van der Waals surface area contributed by atoms with Crippen LogP contribution in [0.1, 0.15) is 50.3 Å². The highest BCUT2D eigenvalue weighted by molar-refractivity contribution is 5.47. The predicted octanol–water partition coefficient (Wildman–Crippen LogP) is 2.96. The number of nitrogens with zero attached hydrogens (tertiary/aromatic N) is 2. The van der Waals surface area contributed by atoms with Crippen molar-refractivity contribution in [1.82, 2.24) is 9.97 Å². The van der Waals surface area contributed by atoms with Crippen molar-refractivity contribution in [2.24, 2.45) is 5.92 Å². The Kier molecular flexibility index (Phi) is 3.00. The summed E-state index contributed by atoms with van der Waals surface area (Å²) in [6.07, 6.45) is 10.7. The van der Waals surface area contributed by atoms with Crippen LogP contribution in [0.3, 0.4) is 0 Å². The summed E-state index contributed by atoms with van der Waals surface area (Å²) in [6, 6.07) is 0.567. The van der Waals surface area contributed by atoms with E-state index in [2.05, 4.69) is 22.2 Å². The molecule has 0 aliphatic heterocycles. The van der Waals surface area contributed by atoms with E-state index in [1.807, 2.05) is 0 Å². The average molecular weight is 231 g/mol. The average Bonchev–Trinajstić information content (AvgIpc) is 3.16. The number of aromatic nitrogens is 2. The molecule has 2 aliphatic rings. The third-order valence-electron chi connectivity index (χ3n) is 4.07. The summed E-state index contributed by atoms with van der Waals surface area (Å²) in [5, 5.41) is 3.61. The molecule has 1 saturated carbocycles. The highest BCUT2D eigenvalue weighted by Crippen LogP contribution is 2.34. The third-order valence-corrected chi connectivity index (χ3v) is 4.07. The Morgan fingerprint density at radius 2 is 2.00 bits per heavy atom. The van der Waals surface area contributed by atoms with Gasteiger partial charge < -0.3 is 5.32 Å². The second-order valence-electron chi connectivity index (χ2n) is 5.48. The van der Waals surface area contributed by atoms with Gasteiger partial charge in [-0.25, -0.2) is 9.97 Å². The lowest BCUT2D eigenvalue weighted by Crippen LogP contribution is -2.20. The van der Waals surface area contributed by atoms with Gasteiger partial charge in [-0.15, -0.1) is 0 Å². The summed E-state index contributed by atoms with van der Waals surface area (Å²) in [4.78, 5) is 8.92. The molecule has 92 valence electrons. The van der Waals surface area contributed by atoms with Crippen LogP contribution in [0.5, 0.6) is 0 Å². The molecule has 0 radical (unpaired) electrons. The summed E-state index contributed by atoms with van der Waals surface area (Å²) in [6.45, 7) is 2.28. The highest BCUT2D eigenvalue weighted by Gasteiger charge is 2.28. The van der Waals surface area contributed by atoms with Gasteiger partial charge in [-0.3, -0.25) is 0 Å². The number of anilines is 1. The Balaban J connectivity index is 1.82. The van der Waals surface area contributed by atoms with Crippen molar-refractivity contribution < 1.29 is 0 Å². The molecule has 0 amide bonds. The highest BCUT2D eigenvalue weighted by atomic mass is 15.0. The van der Waals surface area contributed by atoms with E-state index < -0.39 is 0 Å². The SMILES string of the molecule is CC(Nc1ncnc2c1CCCCC2)C1CC1. The first-order chi connectivity index (χ1) is 8.34. The van der Waals surface area contributed by atoms with Gasteiger partial charge in [0, 0.05) is 17.3 Å². The predicted molar refractivity (Wildman–Crippen MR) is 69.1 cm³/mol. The quantitative estimate of drug-likeness (QED) is 0.813. The van der Waals surface area contributed by atoms with Gasteiger partial charge in [0.1, 0.15) is 12.1 Å². The van der Waals surface area contributed by atoms with E-state index in [1.54, 1.807) is 6.33 Å². The lowest BCUT2D eigenvalue weighted by atomic mass is 10.1. The van der Waals surface area contributed by atoms with Gasteiger partial charge in [-0.1, -0.05) is 6.42 Å². The summed E-state index contributed by atoms with van der Waals surface area (Å²) in [7, 11) is 0. The molecule has 1 fully saturated rings. The third kappa shape index (κ3) is 2.43. The molecular formula is C14H21N3. The second kappa shape index (κ2) is 4.63. The minimum Gasteiger partial charge on any atom is -0.367 e. The molecule has 1 atom stereocenters. The number of aryl methyl sites for hydroxylation is 1. The summed E-state index contributed by atoms with van der Waals surface area (Å²) >= 11 is 0. The van der Waals surface area contributed by atoms with Gasteiger partial charge in [-0.2, -0.15) is 0 Å². The number of fused-ring (bicyclic) bond motifs is 1. The molecule has 0 saturated heterocycles. The van der Waals surface area contributed by atoms with Gasteiger partial charge in [-0.05, 0) is 51.4 Å². The van der Waals surface area contributed by atoms with Crippen LogP contribution >= 0.6 is 0 Å². The largest absolute Gasteiger partial charge is 0.367 e. The van der Waals surface area contributed by atoms with Gasteiger partial charge in [0.25, 0.3) is 0 Å². The standard InChI is InChI=1S/C14H21N3/c1-10(11-7-8-11)17-14-12-5-3-2-4-6-13(12)15-9-16-14/h9-11H,2-8H2,1H3,(H,15,16,17). The lowest BCUT2D eigenvalue weighted by Gasteiger charge is -2.17. The van der Waals surface area contributed by atoms with E-state index in [9.17, 15) is 0 Å². The molecule has 3 heteroatoms. The molecule has 1 heterocycles. The first-order valence-electron chi connectivity index (χ1n) is 6.94. The first kappa shape index (κ1) is 11.0. The summed E-state index contributed by atoms with van der Waals surface area (Å²) < 4.78 is 0. The summed E-state index contributed by atoms with van der Waals surface area (Å²) in [5.41, 5.74) is 2.67. The molecule has 0 spiro atoms. The Morgan fingerprint density at radius 1 is 1.18 bits per heavy atom. The minimum atomic E-state index is 0.567. The smallest absolute Gasteiger partial charge is 0.133 e. The van der Waals surface area contributed by atoms with Gasteiger partial charge in [0.15, 0.2) is 0 Å². The van der Waals surface area contributed by atoms with Crippen molar-refractivity contribution in [2.45, 2.75) is 57.9 Å². The number of rotatable bonds is 3. The Morgan fingerprint density at radius 3 is 2.82 bits per heavy atom. The van der Waals surface area contributed by atoms with Crippen molar-refractivity contribution in [3.63, 3.8) is 0 Å². The molecule has 2 aliphatic carbocycles. The van der Waals surface area contributed by atoms with Gasteiger partial charge in [0.2, 0.25) is 0 Å². The van der Waals surface area contributed by atoms with Crippen LogP contribution in [0.15, 0.2) is 6.33 Å². The second-order valence-corrected chi connectivity index (χ2v) is 5.48. The zero-order valence-electron chi connectivity index (χ0n) is 10.6. The van der Waals surface area contributed by atoms with E-state index >= 15 is 0 Å². The molecule has 1 aromatic rings. The molecule has 3 nitrogen and oxygen atoms in total. The fourth-order valence-electron chi connectivity index (χ4n) is 2.75. The van der Waals surface area contributed by atoms with E-state index in [1.165, 1.54) is 43.4 Å². The van der Waals surface area contributed by atoms with E-state index in [0.717, 1.165) is 24.6 Å². The first-order valence-corrected chi connectivity index (χ1v) is 6.94. The number of nitrogens with one attached hydrogen (secondary N) is 1. The van der Waals surface area contributed by atoms with Crippen LogP contribution in [-0.2, 0) is 12.8 Å². The molecule has 17 heavy (non-hydrogen) atoms. The van der Waals surface area contributed by atoms with Crippen LogP contribution in [-0.4, -0.2) is 16.0 Å². The molecule has 0 bridgehead atoms. The lowest BCUT2D eigenvalue weighted by molar-refractivity contribution is 0.686. The zero-order valence-corrected chi connectivity index (χ0v) is 10.6. The Hall–Kier alpha value is -1.12. The maximum Gasteiger partial charge on any atom is 0.133 e. The van der Waals surface area contributed by atoms with Crippen LogP contribution in [0.2, 0.25) is 0 Å². The van der Waals surface area contributed by atoms with Crippen LogP contribution in [0, 0.1) is 5.92 Å². The van der Waals surface area contributed by atoms with Crippen molar-refractivity contribution in [1.29, 1.82) is 0 Å². The van der Waals surface area contributed by atoms with Crippen molar-refractivity contribution in [3.05, 3.63) is 17.6 Å². The van der Waals surface area contributed by atoms with Crippen LogP contribution in [0.4, 0.5) is 5.82 Å². The Bertz CT molecular complexity index is 398. The number of hydrogen-bond donors (Lipinski definition) is 1. The zero-order chi connectivity index (χ0) is 11.7. The van der Waals surface area contributed by atoms with E-state index in [0.29, 0.717) is 6.04 Å². The van der Waals surface area contributed by atoms with E-state index in [4.69, 9.17) is 0 Å². The maximum absolute atomic E-state index is 4.46. The van der Waals surface area contributed by atoms with Crippen molar-refractivity contribution in [3.8, 4) is 0 Å². The summed E-state index contributed by atoms with van der Waals surface area (Å²) in [5.74, 6) is 1.97. The topological polar surface area (TPSA) is 37.8 Å². The molecular weight excluding hydrogens is 210 g/mol. The molecule has 0 aromatic carbocycles. The van der Waals surface area contributed by atoms with Crippen molar-refractivity contribution >= 4 is 5.82 Å².